The molecule has 0 aromatic heterocycles. The zero-order valence-electron chi connectivity index (χ0n) is 12.9. The second kappa shape index (κ2) is 7.29. The molecular formula is C18H16FIN2O2. The predicted octanol–water partition coefficient (Wildman–Crippen LogP) is 3.03. The van der Waals surface area contributed by atoms with Crippen molar-refractivity contribution in [2.45, 2.75) is 0 Å². The van der Waals surface area contributed by atoms with Gasteiger partial charge < -0.3 is 9.80 Å². The zero-order chi connectivity index (χ0) is 17.1. The molecule has 0 radical (unpaired) electrons. The number of amides is 2. The first-order valence-corrected chi connectivity index (χ1v) is 8.72. The Morgan fingerprint density at radius 3 is 1.92 bits per heavy atom. The van der Waals surface area contributed by atoms with E-state index in [0.29, 0.717) is 37.3 Å². The largest absolute Gasteiger partial charge is 0.335 e. The maximum atomic E-state index is 13.3. The first kappa shape index (κ1) is 16.9. The highest BCUT2D eigenvalue weighted by Gasteiger charge is 2.25. The molecule has 1 saturated heterocycles. The Kier molecular flexibility index (Phi) is 5.13. The van der Waals surface area contributed by atoms with Crippen molar-refractivity contribution < 1.29 is 14.0 Å². The summed E-state index contributed by atoms with van der Waals surface area (Å²) in [6, 6.07) is 13.1. The van der Waals surface area contributed by atoms with Crippen LogP contribution in [-0.2, 0) is 0 Å². The first-order valence-electron chi connectivity index (χ1n) is 7.64. The molecule has 24 heavy (non-hydrogen) atoms. The van der Waals surface area contributed by atoms with Crippen molar-refractivity contribution in [2.75, 3.05) is 26.2 Å². The Morgan fingerprint density at radius 2 is 1.38 bits per heavy atom. The summed E-state index contributed by atoms with van der Waals surface area (Å²) in [5.74, 6) is -0.645. The van der Waals surface area contributed by atoms with Crippen molar-refractivity contribution >= 4 is 34.4 Å². The van der Waals surface area contributed by atoms with Crippen LogP contribution in [0, 0.1) is 9.39 Å². The molecule has 1 heterocycles. The van der Waals surface area contributed by atoms with Gasteiger partial charge in [-0.3, -0.25) is 9.59 Å². The summed E-state index contributed by atoms with van der Waals surface area (Å²) in [6.07, 6.45) is 0. The summed E-state index contributed by atoms with van der Waals surface area (Å²) >= 11 is 2.20. The number of carbonyl (C=O) groups excluding carboxylic acids is 2. The van der Waals surface area contributed by atoms with E-state index in [0.717, 1.165) is 3.57 Å². The van der Waals surface area contributed by atoms with Crippen LogP contribution in [0.3, 0.4) is 0 Å². The van der Waals surface area contributed by atoms with Gasteiger partial charge in [0, 0.05) is 40.9 Å². The Balaban J connectivity index is 1.62. The van der Waals surface area contributed by atoms with Gasteiger partial charge >= 0.3 is 0 Å². The van der Waals surface area contributed by atoms with E-state index in [-0.39, 0.29) is 11.8 Å². The second-order valence-electron chi connectivity index (χ2n) is 5.60. The van der Waals surface area contributed by atoms with Crippen LogP contribution >= 0.6 is 22.6 Å². The molecule has 0 saturated carbocycles. The quantitative estimate of drug-likeness (QED) is 0.677. The zero-order valence-corrected chi connectivity index (χ0v) is 15.1. The van der Waals surface area contributed by atoms with Crippen molar-refractivity contribution in [1.29, 1.82) is 0 Å². The summed E-state index contributed by atoms with van der Waals surface area (Å²) in [5.41, 5.74) is 0.993. The van der Waals surface area contributed by atoms with Crippen molar-refractivity contribution in [3.8, 4) is 0 Å². The van der Waals surface area contributed by atoms with Crippen molar-refractivity contribution in [1.82, 2.24) is 9.80 Å². The average molecular weight is 438 g/mol. The molecule has 2 aromatic carbocycles. The minimum atomic E-state index is -0.423. The normalized spacial score (nSPS) is 14.6. The Hall–Kier alpha value is -1.96. The molecule has 2 amide bonds. The lowest BCUT2D eigenvalue weighted by atomic mass is 10.1. The number of carbonyl (C=O) groups is 2. The molecule has 0 spiro atoms. The maximum Gasteiger partial charge on any atom is 0.254 e. The highest BCUT2D eigenvalue weighted by Crippen LogP contribution is 2.14. The van der Waals surface area contributed by atoms with Gasteiger partial charge in [-0.25, -0.2) is 4.39 Å². The van der Waals surface area contributed by atoms with Crippen molar-refractivity contribution in [3.63, 3.8) is 0 Å². The summed E-state index contributed by atoms with van der Waals surface area (Å²) in [4.78, 5) is 28.3. The van der Waals surface area contributed by atoms with E-state index in [1.807, 2.05) is 24.3 Å². The van der Waals surface area contributed by atoms with E-state index < -0.39 is 5.82 Å². The average Bonchev–Trinajstić information content (AvgIpc) is 2.61. The number of piperazine rings is 1. The number of halogens is 2. The highest BCUT2D eigenvalue weighted by atomic mass is 127. The van der Waals surface area contributed by atoms with Crippen LogP contribution in [0.5, 0.6) is 0 Å². The van der Waals surface area contributed by atoms with Gasteiger partial charge in [0.05, 0.1) is 0 Å². The summed E-state index contributed by atoms with van der Waals surface area (Å²) in [5, 5.41) is 0. The molecule has 4 nitrogen and oxygen atoms in total. The van der Waals surface area contributed by atoms with Crippen LogP contribution in [0.25, 0.3) is 0 Å². The van der Waals surface area contributed by atoms with Gasteiger partial charge in [0.1, 0.15) is 5.82 Å². The summed E-state index contributed by atoms with van der Waals surface area (Å²) in [6.45, 7) is 1.86. The summed E-state index contributed by atoms with van der Waals surface area (Å²) in [7, 11) is 0. The second-order valence-corrected chi connectivity index (χ2v) is 6.85. The number of hydrogen-bond acceptors (Lipinski definition) is 2. The standard InChI is InChI=1S/C18H16FIN2O2/c19-15-3-1-2-14(12-15)18(24)22-10-8-21(9-11-22)17(23)13-4-6-16(20)7-5-13/h1-7,12H,8-11H2. The third kappa shape index (κ3) is 3.75. The fourth-order valence-electron chi connectivity index (χ4n) is 2.69. The van der Waals surface area contributed by atoms with E-state index in [9.17, 15) is 14.0 Å². The molecule has 0 N–H and O–H groups in total. The molecule has 1 aliphatic rings. The Labute approximate surface area is 153 Å². The molecule has 3 rings (SSSR count). The van der Waals surface area contributed by atoms with Crippen LogP contribution in [0.15, 0.2) is 48.5 Å². The van der Waals surface area contributed by atoms with Gasteiger partial charge in [-0.15, -0.1) is 0 Å². The van der Waals surface area contributed by atoms with E-state index >= 15 is 0 Å². The molecule has 0 bridgehead atoms. The molecule has 2 aromatic rings. The lowest BCUT2D eigenvalue weighted by molar-refractivity contribution is 0.0535. The monoisotopic (exact) mass is 438 g/mol. The number of rotatable bonds is 2. The Morgan fingerprint density at radius 1 is 0.833 bits per heavy atom. The van der Waals surface area contributed by atoms with Gasteiger partial charge in [0.15, 0.2) is 0 Å². The lowest BCUT2D eigenvalue weighted by Gasteiger charge is -2.34. The highest BCUT2D eigenvalue weighted by molar-refractivity contribution is 14.1. The van der Waals surface area contributed by atoms with Crippen molar-refractivity contribution in [3.05, 3.63) is 69.0 Å². The fourth-order valence-corrected chi connectivity index (χ4v) is 3.05. The van der Waals surface area contributed by atoms with Crippen LogP contribution in [-0.4, -0.2) is 47.8 Å². The topological polar surface area (TPSA) is 40.6 Å². The van der Waals surface area contributed by atoms with Crippen LogP contribution in [0.1, 0.15) is 20.7 Å². The molecule has 1 aliphatic heterocycles. The molecule has 0 aliphatic carbocycles. The first-order chi connectivity index (χ1) is 11.5. The van der Waals surface area contributed by atoms with Crippen molar-refractivity contribution in [2.24, 2.45) is 0 Å². The third-order valence-electron chi connectivity index (χ3n) is 4.02. The molecule has 0 unspecified atom stereocenters. The van der Waals surface area contributed by atoms with Crippen LogP contribution < -0.4 is 0 Å². The molecular weight excluding hydrogens is 422 g/mol. The van der Waals surface area contributed by atoms with Gasteiger partial charge in [-0.2, -0.15) is 0 Å². The number of benzene rings is 2. The Bertz CT molecular complexity index is 756. The van der Waals surface area contributed by atoms with E-state index in [1.54, 1.807) is 15.9 Å². The molecule has 0 atom stereocenters. The summed E-state index contributed by atoms with van der Waals surface area (Å²) < 4.78 is 14.3. The minimum absolute atomic E-state index is 0.0238. The van der Waals surface area contributed by atoms with E-state index in [2.05, 4.69) is 22.6 Å². The molecule has 1 fully saturated rings. The molecule has 6 heteroatoms. The van der Waals surface area contributed by atoms with Gasteiger partial charge in [0.2, 0.25) is 0 Å². The van der Waals surface area contributed by atoms with Gasteiger partial charge in [0.25, 0.3) is 11.8 Å². The van der Waals surface area contributed by atoms with Gasteiger partial charge in [-0.1, -0.05) is 6.07 Å². The van der Waals surface area contributed by atoms with Crippen LogP contribution in [0.2, 0.25) is 0 Å². The number of hydrogen-bond donors (Lipinski definition) is 0. The molecule has 124 valence electrons. The van der Waals surface area contributed by atoms with E-state index in [1.165, 1.54) is 18.2 Å². The minimum Gasteiger partial charge on any atom is -0.335 e. The predicted molar refractivity (Wildman–Crippen MR) is 97.4 cm³/mol. The fraction of sp³-hybridized carbons (Fsp3) is 0.222. The lowest BCUT2D eigenvalue weighted by Crippen LogP contribution is -2.50. The number of nitrogens with zero attached hydrogens (tertiary/aromatic N) is 2. The van der Waals surface area contributed by atoms with Crippen LogP contribution in [0.4, 0.5) is 4.39 Å². The smallest absolute Gasteiger partial charge is 0.254 e. The maximum absolute atomic E-state index is 13.3. The SMILES string of the molecule is O=C(c1ccc(I)cc1)N1CCN(C(=O)c2cccc(F)c2)CC1. The van der Waals surface area contributed by atoms with Gasteiger partial charge in [-0.05, 0) is 65.1 Å². The van der Waals surface area contributed by atoms with E-state index in [4.69, 9.17) is 0 Å². The third-order valence-corrected chi connectivity index (χ3v) is 4.74.